The largest absolute Gasteiger partial charge is 0.444 e. The summed E-state index contributed by atoms with van der Waals surface area (Å²) in [5.41, 5.74) is -1.19. The SMILES string of the molecule is CC(C)(C)OC(=O)N1[C@@H]2CC[C@@]1(C)CC(=O)[C@@H]2F. The lowest BCUT2D eigenvalue weighted by molar-refractivity contribution is -0.133. The lowest BCUT2D eigenvalue weighted by Crippen LogP contribution is -2.59. The van der Waals surface area contributed by atoms with Gasteiger partial charge in [0.25, 0.3) is 0 Å². The van der Waals surface area contributed by atoms with Crippen molar-refractivity contribution in [2.24, 2.45) is 0 Å². The number of halogens is 1. The van der Waals surface area contributed by atoms with Crippen molar-refractivity contribution in [3.8, 4) is 0 Å². The Hall–Kier alpha value is -1.13. The van der Waals surface area contributed by atoms with Gasteiger partial charge >= 0.3 is 6.09 Å². The molecule has 2 aliphatic heterocycles. The van der Waals surface area contributed by atoms with Gasteiger partial charge in [-0.2, -0.15) is 0 Å². The van der Waals surface area contributed by atoms with Crippen LogP contribution in [0.5, 0.6) is 0 Å². The summed E-state index contributed by atoms with van der Waals surface area (Å²) in [4.78, 5) is 25.2. The molecule has 4 nitrogen and oxygen atoms in total. The van der Waals surface area contributed by atoms with Gasteiger partial charge in [0, 0.05) is 6.42 Å². The number of alkyl halides is 1. The number of amides is 1. The molecule has 0 aromatic rings. The Kier molecular flexibility index (Phi) is 2.91. The second kappa shape index (κ2) is 3.93. The normalized spacial score (nSPS) is 35.8. The Morgan fingerprint density at radius 3 is 2.67 bits per heavy atom. The number of fused-ring (bicyclic) bond motifs is 2. The van der Waals surface area contributed by atoms with E-state index in [4.69, 9.17) is 4.74 Å². The van der Waals surface area contributed by atoms with E-state index in [1.165, 1.54) is 4.90 Å². The Morgan fingerprint density at radius 1 is 1.50 bits per heavy atom. The van der Waals surface area contributed by atoms with Crippen LogP contribution in [0.25, 0.3) is 0 Å². The summed E-state index contributed by atoms with van der Waals surface area (Å²) >= 11 is 0. The molecule has 0 unspecified atom stereocenters. The smallest absolute Gasteiger partial charge is 0.411 e. The van der Waals surface area contributed by atoms with E-state index in [1.807, 2.05) is 6.92 Å². The summed E-state index contributed by atoms with van der Waals surface area (Å²) in [7, 11) is 0. The van der Waals surface area contributed by atoms with Gasteiger partial charge in [0.05, 0.1) is 11.6 Å². The number of Topliss-reactive ketones (excluding diaryl/α,β-unsaturated/α-hetero) is 1. The average molecular weight is 257 g/mol. The van der Waals surface area contributed by atoms with Crippen molar-refractivity contribution in [2.75, 3.05) is 0 Å². The van der Waals surface area contributed by atoms with Crippen LogP contribution >= 0.6 is 0 Å². The summed E-state index contributed by atoms with van der Waals surface area (Å²) in [6, 6.07) is -0.647. The molecule has 3 atom stereocenters. The molecule has 0 aromatic heterocycles. The monoisotopic (exact) mass is 257 g/mol. The van der Waals surface area contributed by atoms with E-state index in [0.717, 1.165) is 0 Å². The highest BCUT2D eigenvalue weighted by molar-refractivity contribution is 5.88. The molecule has 18 heavy (non-hydrogen) atoms. The highest BCUT2D eigenvalue weighted by Crippen LogP contribution is 2.44. The predicted molar refractivity (Wildman–Crippen MR) is 64.0 cm³/mol. The third-order valence-corrected chi connectivity index (χ3v) is 3.68. The molecule has 102 valence electrons. The summed E-state index contributed by atoms with van der Waals surface area (Å²) < 4.78 is 19.2. The first kappa shape index (κ1) is 13.3. The molecule has 0 spiro atoms. The lowest BCUT2D eigenvalue weighted by Gasteiger charge is -2.43. The molecule has 2 saturated heterocycles. The highest BCUT2D eigenvalue weighted by Gasteiger charge is 2.56. The second-order valence-electron chi connectivity index (χ2n) is 6.50. The lowest BCUT2D eigenvalue weighted by atomic mass is 9.89. The number of nitrogens with zero attached hydrogens (tertiary/aromatic N) is 1. The molecule has 0 aromatic carbocycles. The molecular weight excluding hydrogens is 237 g/mol. The second-order valence-corrected chi connectivity index (χ2v) is 6.50. The van der Waals surface area contributed by atoms with E-state index in [0.29, 0.717) is 12.8 Å². The Bertz CT molecular complexity index is 390. The minimum Gasteiger partial charge on any atom is -0.444 e. The molecule has 0 N–H and O–H groups in total. The van der Waals surface area contributed by atoms with Gasteiger partial charge in [0.15, 0.2) is 12.0 Å². The number of rotatable bonds is 0. The van der Waals surface area contributed by atoms with E-state index in [9.17, 15) is 14.0 Å². The Morgan fingerprint density at radius 2 is 2.11 bits per heavy atom. The van der Waals surface area contributed by atoms with Crippen molar-refractivity contribution in [1.29, 1.82) is 0 Å². The fraction of sp³-hybridized carbons (Fsp3) is 0.846. The van der Waals surface area contributed by atoms with Crippen LogP contribution in [0.1, 0.15) is 47.0 Å². The minimum absolute atomic E-state index is 0.0872. The maximum atomic E-state index is 13.9. The maximum Gasteiger partial charge on any atom is 0.411 e. The number of carbonyl (C=O) groups is 2. The average Bonchev–Trinajstić information content (AvgIpc) is 2.46. The molecule has 0 radical (unpaired) electrons. The Labute approximate surface area is 106 Å². The van der Waals surface area contributed by atoms with Crippen LogP contribution in [0.3, 0.4) is 0 Å². The van der Waals surface area contributed by atoms with Crippen LogP contribution in [-0.2, 0) is 9.53 Å². The van der Waals surface area contributed by atoms with Crippen molar-refractivity contribution in [3.63, 3.8) is 0 Å². The van der Waals surface area contributed by atoms with Crippen LogP contribution < -0.4 is 0 Å². The van der Waals surface area contributed by atoms with Gasteiger partial charge < -0.3 is 4.74 Å². The van der Waals surface area contributed by atoms with Gasteiger partial charge in [-0.3, -0.25) is 9.69 Å². The van der Waals surface area contributed by atoms with E-state index in [1.54, 1.807) is 20.8 Å². The van der Waals surface area contributed by atoms with Crippen molar-refractivity contribution in [1.82, 2.24) is 4.90 Å². The number of carbonyl (C=O) groups excluding carboxylic acids is 2. The third kappa shape index (κ3) is 2.10. The number of hydrogen-bond donors (Lipinski definition) is 0. The van der Waals surface area contributed by atoms with Crippen LogP contribution in [0.4, 0.5) is 9.18 Å². The molecule has 2 bridgehead atoms. The number of ketones is 1. The predicted octanol–water partition coefficient (Wildman–Crippen LogP) is 2.46. The van der Waals surface area contributed by atoms with Gasteiger partial charge in [-0.05, 0) is 40.5 Å². The van der Waals surface area contributed by atoms with Crippen molar-refractivity contribution >= 4 is 11.9 Å². The molecule has 2 aliphatic rings. The highest BCUT2D eigenvalue weighted by atomic mass is 19.1. The van der Waals surface area contributed by atoms with Crippen molar-refractivity contribution in [3.05, 3.63) is 0 Å². The molecule has 2 fully saturated rings. The van der Waals surface area contributed by atoms with Crippen LogP contribution in [-0.4, -0.2) is 40.1 Å². The zero-order valence-corrected chi connectivity index (χ0v) is 11.3. The first-order chi connectivity index (χ1) is 8.14. The summed E-state index contributed by atoms with van der Waals surface area (Å²) in [6.07, 6.45) is -0.800. The number of piperidine rings is 1. The summed E-state index contributed by atoms with van der Waals surface area (Å²) in [6.45, 7) is 7.16. The van der Waals surface area contributed by atoms with Crippen molar-refractivity contribution < 1.29 is 18.7 Å². The molecule has 0 saturated carbocycles. The van der Waals surface area contributed by atoms with E-state index < -0.39 is 29.4 Å². The van der Waals surface area contributed by atoms with Crippen molar-refractivity contribution in [2.45, 2.75) is 70.3 Å². The van der Waals surface area contributed by atoms with Gasteiger partial charge in [-0.15, -0.1) is 0 Å². The van der Waals surface area contributed by atoms with Crippen LogP contribution in [0, 0.1) is 0 Å². The van der Waals surface area contributed by atoms with Gasteiger partial charge in [-0.1, -0.05) is 0 Å². The van der Waals surface area contributed by atoms with E-state index in [-0.39, 0.29) is 12.2 Å². The van der Waals surface area contributed by atoms with E-state index >= 15 is 0 Å². The number of hydrogen-bond acceptors (Lipinski definition) is 3. The maximum absolute atomic E-state index is 13.9. The molecular formula is C13H20FNO3. The van der Waals surface area contributed by atoms with Gasteiger partial charge in [0.1, 0.15) is 5.60 Å². The third-order valence-electron chi connectivity index (χ3n) is 3.68. The zero-order valence-electron chi connectivity index (χ0n) is 11.3. The number of ether oxygens (including phenoxy) is 1. The fourth-order valence-electron chi connectivity index (χ4n) is 2.91. The first-order valence-electron chi connectivity index (χ1n) is 6.33. The fourth-order valence-corrected chi connectivity index (χ4v) is 2.91. The molecule has 0 aliphatic carbocycles. The molecule has 1 amide bonds. The molecule has 2 rings (SSSR count). The minimum atomic E-state index is -1.56. The first-order valence-corrected chi connectivity index (χ1v) is 6.33. The standard InChI is InChI=1S/C13H20FNO3/c1-12(2,3)18-11(17)15-8-5-6-13(15,4)7-9(16)10(8)14/h8,10H,5-7H2,1-4H3/t8-,10-,13+/m1/s1. The Balaban J connectivity index is 2.23. The summed E-state index contributed by atoms with van der Waals surface area (Å²) in [5.74, 6) is -0.389. The molecule has 2 heterocycles. The van der Waals surface area contributed by atoms with Crippen LogP contribution in [0.15, 0.2) is 0 Å². The summed E-state index contributed by atoms with van der Waals surface area (Å²) in [5, 5.41) is 0. The topological polar surface area (TPSA) is 46.6 Å². The van der Waals surface area contributed by atoms with Gasteiger partial charge in [-0.25, -0.2) is 9.18 Å². The zero-order chi connectivity index (χ0) is 13.7. The van der Waals surface area contributed by atoms with Gasteiger partial charge in [0.2, 0.25) is 0 Å². The molecule has 5 heteroatoms. The van der Waals surface area contributed by atoms with Crippen LogP contribution in [0.2, 0.25) is 0 Å². The quantitative estimate of drug-likeness (QED) is 0.669. The van der Waals surface area contributed by atoms with E-state index in [2.05, 4.69) is 0 Å².